The molecule has 1 aliphatic carbocycles. The van der Waals surface area contributed by atoms with Crippen molar-refractivity contribution in [2.45, 2.75) is 58.5 Å². The molecule has 162 valence electrons. The largest absolute Gasteiger partial charge is 0.327 e. The van der Waals surface area contributed by atoms with Gasteiger partial charge in [-0.3, -0.25) is 9.69 Å². The number of hydrogen-bond donors (Lipinski definition) is 1. The third kappa shape index (κ3) is 4.51. The third-order valence-corrected chi connectivity index (χ3v) is 7.24. The van der Waals surface area contributed by atoms with Gasteiger partial charge in [-0.25, -0.2) is 4.98 Å². The number of carbonyl (C=O) groups excluding carboxylic acids is 1. The molecule has 1 amide bonds. The minimum absolute atomic E-state index is 0.102. The molecule has 31 heavy (non-hydrogen) atoms. The molecule has 1 aliphatic rings. The Bertz CT molecular complexity index is 1100. The smallest absolute Gasteiger partial charge is 0.239 e. The van der Waals surface area contributed by atoms with Crippen molar-refractivity contribution >= 4 is 33.3 Å². The second-order valence-electron chi connectivity index (χ2n) is 8.50. The fourth-order valence-corrected chi connectivity index (χ4v) is 5.62. The normalized spacial score (nSPS) is 14.8. The number of likely N-dealkylation sites (N-methyl/N-ethyl adjacent to an activating group) is 1. The number of amides is 1. The van der Waals surface area contributed by atoms with Crippen molar-refractivity contribution in [3.8, 4) is 6.07 Å². The van der Waals surface area contributed by atoms with Crippen LogP contribution in [0.2, 0.25) is 0 Å². The molecule has 2 heterocycles. The van der Waals surface area contributed by atoms with Gasteiger partial charge in [-0.1, -0.05) is 31.4 Å². The Labute approximate surface area is 187 Å². The number of nitriles is 1. The molecule has 0 spiro atoms. The third-order valence-electron chi connectivity index (χ3n) is 6.22. The number of benzene rings is 1. The summed E-state index contributed by atoms with van der Waals surface area (Å²) in [5.74, 6) is 0.567. The Morgan fingerprint density at radius 2 is 2.03 bits per heavy atom. The highest BCUT2D eigenvalue weighted by atomic mass is 32.1. The van der Waals surface area contributed by atoms with Crippen molar-refractivity contribution in [1.82, 2.24) is 14.5 Å². The van der Waals surface area contributed by atoms with E-state index in [0.717, 1.165) is 39.3 Å². The Kier molecular flexibility index (Phi) is 6.40. The molecule has 0 atom stereocenters. The van der Waals surface area contributed by atoms with Crippen LogP contribution < -0.4 is 5.32 Å². The monoisotopic (exact) mass is 435 g/mol. The summed E-state index contributed by atoms with van der Waals surface area (Å²) in [6.45, 7) is 4.89. The molecule has 0 saturated heterocycles. The standard InChI is InChI=1S/C24H29N5OS/c1-16-17(2)29(18-9-5-4-6-10-18)24(19(16)13-25)27-22(30)14-28(3)15-23-26-20-11-7-8-12-21(20)31-23/h7-8,11-12,18H,4-6,9-10,14-15H2,1-3H3,(H,27,30). The molecule has 0 radical (unpaired) electrons. The van der Waals surface area contributed by atoms with E-state index in [4.69, 9.17) is 0 Å². The first-order valence-electron chi connectivity index (χ1n) is 10.9. The first kappa shape index (κ1) is 21.5. The van der Waals surface area contributed by atoms with E-state index in [-0.39, 0.29) is 12.5 Å². The van der Waals surface area contributed by atoms with Crippen molar-refractivity contribution in [3.63, 3.8) is 0 Å². The molecule has 3 aromatic rings. The molecule has 1 aromatic carbocycles. The van der Waals surface area contributed by atoms with Crippen LogP contribution in [-0.4, -0.2) is 34.0 Å². The zero-order valence-electron chi connectivity index (χ0n) is 18.4. The summed E-state index contributed by atoms with van der Waals surface area (Å²) in [6, 6.07) is 10.7. The molecule has 0 bridgehead atoms. The number of nitrogens with zero attached hydrogens (tertiary/aromatic N) is 4. The zero-order valence-corrected chi connectivity index (χ0v) is 19.3. The number of aromatic nitrogens is 2. The lowest BCUT2D eigenvalue weighted by Gasteiger charge is -2.27. The van der Waals surface area contributed by atoms with Crippen molar-refractivity contribution in [2.75, 3.05) is 18.9 Å². The minimum atomic E-state index is -0.102. The van der Waals surface area contributed by atoms with Crippen molar-refractivity contribution in [1.29, 1.82) is 5.26 Å². The molecule has 1 saturated carbocycles. The van der Waals surface area contributed by atoms with Crippen LogP contribution in [0.4, 0.5) is 5.82 Å². The van der Waals surface area contributed by atoms with Crippen LogP contribution in [-0.2, 0) is 11.3 Å². The van der Waals surface area contributed by atoms with Crippen LogP contribution in [0.1, 0.15) is 60.0 Å². The predicted molar refractivity (Wildman–Crippen MR) is 125 cm³/mol. The van der Waals surface area contributed by atoms with Gasteiger partial charge < -0.3 is 9.88 Å². The van der Waals surface area contributed by atoms with Gasteiger partial charge in [-0.2, -0.15) is 5.26 Å². The van der Waals surface area contributed by atoms with Gasteiger partial charge in [0.05, 0.1) is 28.9 Å². The van der Waals surface area contributed by atoms with Crippen LogP contribution in [0.15, 0.2) is 24.3 Å². The second kappa shape index (κ2) is 9.21. The Morgan fingerprint density at radius 1 is 1.29 bits per heavy atom. The van der Waals surface area contributed by atoms with Crippen LogP contribution in [0.3, 0.4) is 0 Å². The van der Waals surface area contributed by atoms with E-state index in [2.05, 4.69) is 33.9 Å². The molecule has 1 fully saturated rings. The van der Waals surface area contributed by atoms with E-state index in [0.29, 0.717) is 24.0 Å². The summed E-state index contributed by atoms with van der Waals surface area (Å²) in [5, 5.41) is 13.8. The SMILES string of the molecule is Cc1c(C#N)c(NC(=O)CN(C)Cc2nc3ccccc3s2)n(C2CCCCC2)c1C. The highest BCUT2D eigenvalue weighted by Gasteiger charge is 2.26. The average molecular weight is 436 g/mol. The highest BCUT2D eigenvalue weighted by molar-refractivity contribution is 7.18. The quantitative estimate of drug-likeness (QED) is 0.580. The van der Waals surface area contributed by atoms with Gasteiger partial charge in [0.25, 0.3) is 0 Å². The maximum absolute atomic E-state index is 12.9. The minimum Gasteiger partial charge on any atom is -0.327 e. The van der Waals surface area contributed by atoms with Crippen molar-refractivity contribution in [2.24, 2.45) is 0 Å². The Hall–Kier alpha value is -2.69. The van der Waals surface area contributed by atoms with E-state index in [9.17, 15) is 10.1 Å². The number of carbonyl (C=O) groups is 1. The van der Waals surface area contributed by atoms with Crippen LogP contribution >= 0.6 is 11.3 Å². The van der Waals surface area contributed by atoms with E-state index in [1.165, 1.54) is 19.3 Å². The fraction of sp³-hybridized carbons (Fsp3) is 0.458. The van der Waals surface area contributed by atoms with Gasteiger partial charge in [-0.05, 0) is 51.4 Å². The molecule has 0 aliphatic heterocycles. The van der Waals surface area contributed by atoms with E-state index in [1.54, 1.807) is 11.3 Å². The lowest BCUT2D eigenvalue weighted by atomic mass is 9.95. The van der Waals surface area contributed by atoms with Gasteiger partial charge in [0, 0.05) is 11.7 Å². The van der Waals surface area contributed by atoms with E-state index < -0.39 is 0 Å². The van der Waals surface area contributed by atoms with Gasteiger partial charge in [0.1, 0.15) is 16.9 Å². The van der Waals surface area contributed by atoms with Crippen LogP contribution in [0.25, 0.3) is 10.2 Å². The molecule has 4 rings (SSSR count). The molecular weight excluding hydrogens is 406 g/mol. The molecule has 0 unspecified atom stereocenters. The Morgan fingerprint density at radius 3 is 2.74 bits per heavy atom. The summed E-state index contributed by atoms with van der Waals surface area (Å²) < 4.78 is 3.36. The van der Waals surface area contributed by atoms with Crippen molar-refractivity contribution < 1.29 is 4.79 Å². The van der Waals surface area contributed by atoms with Gasteiger partial charge >= 0.3 is 0 Å². The predicted octanol–water partition coefficient (Wildman–Crippen LogP) is 5.16. The molecule has 2 aromatic heterocycles. The van der Waals surface area contributed by atoms with Crippen molar-refractivity contribution in [3.05, 3.63) is 46.1 Å². The van der Waals surface area contributed by atoms with Gasteiger partial charge in [0.15, 0.2) is 0 Å². The number of anilines is 1. The summed E-state index contributed by atoms with van der Waals surface area (Å²) in [7, 11) is 1.92. The second-order valence-corrected chi connectivity index (χ2v) is 9.62. The number of fused-ring (bicyclic) bond motifs is 1. The Balaban J connectivity index is 1.48. The fourth-order valence-electron chi connectivity index (χ4n) is 4.57. The topological polar surface area (TPSA) is 74.0 Å². The summed E-state index contributed by atoms with van der Waals surface area (Å²) >= 11 is 1.66. The lowest BCUT2D eigenvalue weighted by molar-refractivity contribution is -0.117. The lowest BCUT2D eigenvalue weighted by Crippen LogP contribution is -2.31. The molecule has 7 heteroatoms. The highest BCUT2D eigenvalue weighted by Crippen LogP contribution is 2.36. The zero-order chi connectivity index (χ0) is 22.0. The molecule has 6 nitrogen and oxygen atoms in total. The first-order valence-corrected chi connectivity index (χ1v) is 11.7. The number of nitrogens with one attached hydrogen (secondary N) is 1. The van der Waals surface area contributed by atoms with Crippen LogP contribution in [0, 0.1) is 25.2 Å². The maximum Gasteiger partial charge on any atom is 0.239 e. The van der Waals surface area contributed by atoms with E-state index in [1.807, 2.05) is 37.1 Å². The van der Waals surface area contributed by atoms with Gasteiger partial charge in [-0.15, -0.1) is 11.3 Å². The number of hydrogen-bond acceptors (Lipinski definition) is 5. The number of para-hydroxylation sites is 1. The number of thiazole rings is 1. The average Bonchev–Trinajstić information content (AvgIpc) is 3.26. The summed E-state index contributed by atoms with van der Waals surface area (Å²) in [5.41, 5.74) is 3.63. The van der Waals surface area contributed by atoms with E-state index >= 15 is 0 Å². The van der Waals surface area contributed by atoms with Crippen LogP contribution in [0.5, 0.6) is 0 Å². The van der Waals surface area contributed by atoms with Gasteiger partial charge in [0.2, 0.25) is 5.91 Å². The maximum atomic E-state index is 12.9. The summed E-state index contributed by atoms with van der Waals surface area (Å²) in [4.78, 5) is 19.5. The summed E-state index contributed by atoms with van der Waals surface area (Å²) in [6.07, 6.45) is 5.85. The molecular formula is C24H29N5OS. The first-order chi connectivity index (χ1) is 15.0. The molecule has 1 N–H and O–H groups in total. The number of rotatable bonds is 6.